The van der Waals surface area contributed by atoms with E-state index in [4.69, 9.17) is 16.3 Å². The first kappa shape index (κ1) is 16.2. The van der Waals surface area contributed by atoms with Gasteiger partial charge < -0.3 is 14.5 Å². The first-order valence-electron chi connectivity index (χ1n) is 7.78. The van der Waals surface area contributed by atoms with Gasteiger partial charge in [-0.25, -0.2) is 4.98 Å². The number of anilines is 1. The van der Waals surface area contributed by atoms with E-state index in [1.54, 1.807) is 24.3 Å². The van der Waals surface area contributed by atoms with Gasteiger partial charge >= 0.3 is 0 Å². The molecule has 1 aromatic carbocycles. The van der Waals surface area contributed by atoms with E-state index in [9.17, 15) is 4.79 Å². The van der Waals surface area contributed by atoms with Gasteiger partial charge in [-0.1, -0.05) is 17.7 Å². The first-order chi connectivity index (χ1) is 12.6. The fraction of sp³-hybridized carbons (Fsp3) is 0.0556. The molecular formula is C18H14ClN5O2. The Bertz CT molecular complexity index is 1070. The van der Waals surface area contributed by atoms with E-state index in [2.05, 4.69) is 20.5 Å². The number of carbonyl (C=O) groups is 1. The zero-order chi connectivity index (χ0) is 18.1. The lowest BCUT2D eigenvalue weighted by molar-refractivity contribution is 0.102. The minimum atomic E-state index is -0.317. The van der Waals surface area contributed by atoms with Crippen LogP contribution in [0.15, 0.2) is 54.9 Å². The zero-order valence-electron chi connectivity index (χ0n) is 13.7. The second-order valence-corrected chi connectivity index (χ2v) is 5.97. The third-order valence-corrected chi connectivity index (χ3v) is 4.17. The molecule has 0 aliphatic heterocycles. The van der Waals surface area contributed by atoms with E-state index < -0.39 is 0 Å². The molecule has 1 amide bonds. The van der Waals surface area contributed by atoms with Crippen molar-refractivity contribution in [2.24, 2.45) is 0 Å². The number of ether oxygens (including phenoxy) is 1. The van der Waals surface area contributed by atoms with Crippen LogP contribution in [0.3, 0.4) is 0 Å². The Labute approximate surface area is 153 Å². The molecule has 2 N–H and O–H groups in total. The Morgan fingerprint density at radius 1 is 1.27 bits per heavy atom. The van der Waals surface area contributed by atoms with Gasteiger partial charge in [0.2, 0.25) is 0 Å². The zero-order valence-corrected chi connectivity index (χ0v) is 14.5. The molecule has 0 unspecified atom stereocenters. The fourth-order valence-corrected chi connectivity index (χ4v) is 2.84. The molecule has 3 aromatic heterocycles. The molecule has 4 aromatic rings. The van der Waals surface area contributed by atoms with Crippen molar-refractivity contribution in [3.8, 4) is 17.1 Å². The summed E-state index contributed by atoms with van der Waals surface area (Å²) >= 11 is 6.06. The number of imidazole rings is 1. The molecule has 3 heterocycles. The number of hydrogen-bond donors (Lipinski definition) is 2. The van der Waals surface area contributed by atoms with Crippen LogP contribution in [0.1, 0.15) is 10.4 Å². The second kappa shape index (κ2) is 6.53. The molecule has 0 saturated heterocycles. The van der Waals surface area contributed by atoms with E-state index in [0.717, 1.165) is 11.3 Å². The molecule has 7 nitrogen and oxygen atoms in total. The average molecular weight is 368 g/mol. The molecule has 0 atom stereocenters. The number of nitrogens with zero attached hydrogens (tertiary/aromatic N) is 3. The minimum absolute atomic E-state index is 0.317. The van der Waals surface area contributed by atoms with Gasteiger partial charge in [0.05, 0.1) is 17.8 Å². The highest BCUT2D eigenvalue weighted by Gasteiger charge is 2.13. The van der Waals surface area contributed by atoms with Crippen LogP contribution in [-0.4, -0.2) is 32.6 Å². The van der Waals surface area contributed by atoms with E-state index >= 15 is 0 Å². The molecule has 0 aliphatic carbocycles. The SMILES string of the molecule is COc1ccc(C(=O)Nc2cc(-c3cn4ccccc4n3)[nH]n2)cc1Cl. The molecule has 4 rings (SSSR count). The van der Waals surface area contributed by atoms with Crippen molar-refractivity contribution < 1.29 is 9.53 Å². The number of pyridine rings is 1. The molecule has 130 valence electrons. The Hall–Kier alpha value is -3.32. The lowest BCUT2D eigenvalue weighted by Gasteiger charge is -2.05. The van der Waals surface area contributed by atoms with Crippen LogP contribution in [0.25, 0.3) is 17.0 Å². The number of nitrogens with one attached hydrogen (secondary N) is 2. The molecule has 0 saturated carbocycles. The highest BCUT2D eigenvalue weighted by molar-refractivity contribution is 6.32. The summed E-state index contributed by atoms with van der Waals surface area (Å²) in [6, 6.07) is 12.3. The molecule has 0 aliphatic rings. The van der Waals surface area contributed by atoms with Crippen molar-refractivity contribution >= 4 is 29.0 Å². The monoisotopic (exact) mass is 367 g/mol. The number of benzene rings is 1. The van der Waals surface area contributed by atoms with Crippen molar-refractivity contribution in [3.63, 3.8) is 0 Å². The van der Waals surface area contributed by atoms with Crippen molar-refractivity contribution in [1.29, 1.82) is 0 Å². The summed E-state index contributed by atoms with van der Waals surface area (Å²) in [4.78, 5) is 16.9. The number of amides is 1. The maximum Gasteiger partial charge on any atom is 0.256 e. The molecule has 8 heteroatoms. The lowest BCUT2D eigenvalue weighted by atomic mass is 10.2. The minimum Gasteiger partial charge on any atom is -0.495 e. The number of carbonyl (C=O) groups excluding carboxylic acids is 1. The number of aromatic nitrogens is 4. The number of methoxy groups -OCH3 is 1. The van der Waals surface area contributed by atoms with Crippen LogP contribution in [0.2, 0.25) is 5.02 Å². The Balaban J connectivity index is 1.54. The quantitative estimate of drug-likeness (QED) is 0.576. The van der Waals surface area contributed by atoms with E-state index in [1.807, 2.05) is 35.0 Å². The number of fused-ring (bicyclic) bond motifs is 1. The second-order valence-electron chi connectivity index (χ2n) is 5.56. The topological polar surface area (TPSA) is 84.3 Å². The largest absolute Gasteiger partial charge is 0.495 e. The normalized spacial score (nSPS) is 10.8. The summed E-state index contributed by atoms with van der Waals surface area (Å²) in [5, 5.41) is 10.1. The maximum absolute atomic E-state index is 12.4. The van der Waals surface area contributed by atoms with Gasteiger partial charge in [-0.3, -0.25) is 9.89 Å². The van der Waals surface area contributed by atoms with Crippen LogP contribution < -0.4 is 10.1 Å². The van der Waals surface area contributed by atoms with Crippen molar-refractivity contribution in [2.75, 3.05) is 12.4 Å². The number of hydrogen-bond acceptors (Lipinski definition) is 4. The smallest absolute Gasteiger partial charge is 0.256 e. The van der Waals surface area contributed by atoms with Crippen molar-refractivity contribution in [3.05, 3.63) is 65.4 Å². The summed E-state index contributed by atoms with van der Waals surface area (Å²) in [5.74, 6) is 0.591. The summed E-state index contributed by atoms with van der Waals surface area (Å²) in [6.07, 6.45) is 3.80. The highest BCUT2D eigenvalue weighted by Crippen LogP contribution is 2.25. The first-order valence-corrected chi connectivity index (χ1v) is 8.16. The van der Waals surface area contributed by atoms with E-state index in [-0.39, 0.29) is 5.91 Å². The average Bonchev–Trinajstić information content (AvgIpc) is 3.28. The number of H-pyrrole nitrogens is 1. The molecular weight excluding hydrogens is 354 g/mol. The third-order valence-electron chi connectivity index (χ3n) is 3.87. The summed E-state index contributed by atoms with van der Waals surface area (Å²) < 4.78 is 7.00. The number of halogens is 1. The Morgan fingerprint density at radius 2 is 2.15 bits per heavy atom. The van der Waals surface area contributed by atoms with E-state index in [0.29, 0.717) is 27.8 Å². The van der Waals surface area contributed by atoms with Crippen molar-refractivity contribution in [1.82, 2.24) is 19.6 Å². The van der Waals surface area contributed by atoms with Gasteiger partial charge in [0.1, 0.15) is 17.1 Å². The van der Waals surface area contributed by atoms with Gasteiger partial charge in [-0.15, -0.1) is 0 Å². The fourth-order valence-electron chi connectivity index (χ4n) is 2.58. The molecule has 26 heavy (non-hydrogen) atoms. The lowest BCUT2D eigenvalue weighted by Crippen LogP contribution is -2.12. The Morgan fingerprint density at radius 3 is 2.92 bits per heavy atom. The maximum atomic E-state index is 12.4. The van der Waals surface area contributed by atoms with E-state index in [1.165, 1.54) is 7.11 Å². The number of rotatable bonds is 4. The summed E-state index contributed by atoms with van der Waals surface area (Å²) in [6.45, 7) is 0. The predicted octanol–water partition coefficient (Wildman–Crippen LogP) is 3.64. The van der Waals surface area contributed by atoms with Crippen LogP contribution in [-0.2, 0) is 0 Å². The molecule has 0 radical (unpaired) electrons. The molecule has 0 spiro atoms. The highest BCUT2D eigenvalue weighted by atomic mass is 35.5. The van der Waals surface area contributed by atoms with Crippen LogP contribution in [0, 0.1) is 0 Å². The van der Waals surface area contributed by atoms with Gasteiger partial charge in [0.25, 0.3) is 5.91 Å². The van der Waals surface area contributed by atoms with Gasteiger partial charge in [0, 0.05) is 24.0 Å². The molecule has 0 bridgehead atoms. The standard InChI is InChI=1S/C18H14ClN5O2/c1-26-15-6-5-11(8-12(15)19)18(25)21-16-9-13(22-23-16)14-10-24-7-3-2-4-17(24)20-14/h2-10H,1H3,(H2,21,22,23,25). The van der Waals surface area contributed by atoms with Gasteiger partial charge in [0.15, 0.2) is 5.82 Å². The third kappa shape index (κ3) is 3.00. The molecule has 0 fully saturated rings. The van der Waals surface area contributed by atoms with Crippen LogP contribution in [0.5, 0.6) is 5.75 Å². The predicted molar refractivity (Wildman–Crippen MR) is 98.7 cm³/mol. The van der Waals surface area contributed by atoms with Gasteiger partial charge in [-0.05, 0) is 30.3 Å². The van der Waals surface area contributed by atoms with Crippen LogP contribution >= 0.6 is 11.6 Å². The number of aromatic amines is 1. The Kier molecular flexibility index (Phi) is 4.06. The van der Waals surface area contributed by atoms with Gasteiger partial charge in [-0.2, -0.15) is 5.10 Å². The van der Waals surface area contributed by atoms with Crippen molar-refractivity contribution in [2.45, 2.75) is 0 Å². The van der Waals surface area contributed by atoms with Crippen LogP contribution in [0.4, 0.5) is 5.82 Å². The summed E-state index contributed by atoms with van der Waals surface area (Å²) in [5.41, 5.74) is 2.68. The summed E-state index contributed by atoms with van der Waals surface area (Å²) in [7, 11) is 1.52.